The van der Waals surface area contributed by atoms with E-state index >= 15 is 0 Å². The maximum atomic E-state index is 13.1. The van der Waals surface area contributed by atoms with E-state index in [-0.39, 0.29) is 12.1 Å². The highest BCUT2D eigenvalue weighted by molar-refractivity contribution is 5.37. The van der Waals surface area contributed by atoms with Crippen LogP contribution >= 0.6 is 0 Å². The van der Waals surface area contributed by atoms with E-state index < -0.39 is 5.92 Å². The maximum absolute atomic E-state index is 13.1. The van der Waals surface area contributed by atoms with E-state index in [9.17, 15) is 13.6 Å². The second-order valence-electron chi connectivity index (χ2n) is 3.46. The lowest BCUT2D eigenvalue weighted by molar-refractivity contribution is 0.0165. The summed E-state index contributed by atoms with van der Waals surface area (Å²) in [5.74, 6) is -2.92. The molecule has 0 spiro atoms. The molecule has 0 radical (unpaired) electrons. The van der Waals surface area contributed by atoms with Crippen molar-refractivity contribution in [3.63, 3.8) is 0 Å². The first kappa shape index (κ1) is 11.5. The average molecular weight is 211 g/mol. The van der Waals surface area contributed by atoms with Gasteiger partial charge in [0.05, 0.1) is 6.54 Å². The smallest absolute Gasteiger partial charge is 0.211 e. The van der Waals surface area contributed by atoms with Crippen LogP contribution in [0.1, 0.15) is 23.6 Å². The Kier molecular flexibility index (Phi) is 3.32. The van der Waals surface area contributed by atoms with Gasteiger partial charge in [0.1, 0.15) is 0 Å². The minimum absolute atomic E-state index is 0.0516. The van der Waals surface area contributed by atoms with Crippen LogP contribution in [0.25, 0.3) is 0 Å². The standard InChI is InChI=1S/C11H11F2NO/c1-8-3-4-10(11(2,12)13)9(5-8)6-14-7-15/h3-5H,6H2,1-2H3. The number of nitrogens with zero attached hydrogens (tertiary/aromatic N) is 1. The topological polar surface area (TPSA) is 29.4 Å². The van der Waals surface area contributed by atoms with Crippen LogP contribution in [0.4, 0.5) is 8.78 Å². The lowest BCUT2D eigenvalue weighted by Gasteiger charge is -2.14. The molecule has 4 heteroatoms. The number of aliphatic imine (C=N–C) groups is 1. The van der Waals surface area contributed by atoms with Crippen molar-refractivity contribution >= 4 is 6.08 Å². The molecule has 1 aromatic carbocycles. The van der Waals surface area contributed by atoms with Gasteiger partial charge in [0.25, 0.3) is 5.92 Å². The normalized spacial score (nSPS) is 10.9. The molecule has 0 N–H and O–H groups in total. The molecular weight excluding hydrogens is 200 g/mol. The van der Waals surface area contributed by atoms with Crippen molar-refractivity contribution in [2.45, 2.75) is 26.3 Å². The predicted octanol–water partition coefficient (Wildman–Crippen LogP) is 2.94. The molecule has 0 bridgehead atoms. The molecule has 0 unspecified atom stereocenters. The number of hydrogen-bond donors (Lipinski definition) is 0. The molecule has 2 nitrogen and oxygen atoms in total. The number of rotatable bonds is 3. The molecule has 0 heterocycles. The largest absolute Gasteiger partial charge is 0.270 e. The van der Waals surface area contributed by atoms with Crippen LogP contribution in [-0.4, -0.2) is 6.08 Å². The fourth-order valence-corrected chi connectivity index (χ4v) is 1.40. The number of alkyl halides is 2. The second-order valence-corrected chi connectivity index (χ2v) is 3.46. The molecular formula is C11H11F2NO. The summed E-state index contributed by atoms with van der Waals surface area (Å²) in [6.07, 6.45) is 1.34. The van der Waals surface area contributed by atoms with E-state index in [0.29, 0.717) is 5.56 Å². The van der Waals surface area contributed by atoms with Crippen LogP contribution in [0.3, 0.4) is 0 Å². The van der Waals surface area contributed by atoms with E-state index in [4.69, 9.17) is 0 Å². The van der Waals surface area contributed by atoms with Gasteiger partial charge in [0.2, 0.25) is 6.08 Å². The molecule has 0 saturated carbocycles. The summed E-state index contributed by atoms with van der Waals surface area (Å²) in [5, 5.41) is 0. The van der Waals surface area contributed by atoms with Crippen molar-refractivity contribution in [1.29, 1.82) is 0 Å². The lowest BCUT2D eigenvalue weighted by Crippen LogP contribution is -2.10. The van der Waals surface area contributed by atoms with Gasteiger partial charge < -0.3 is 0 Å². The van der Waals surface area contributed by atoms with Gasteiger partial charge in [-0.05, 0) is 12.5 Å². The molecule has 0 aliphatic carbocycles. The third kappa shape index (κ3) is 2.96. The Morgan fingerprint density at radius 2 is 2.13 bits per heavy atom. The molecule has 1 aromatic rings. The summed E-state index contributed by atoms with van der Waals surface area (Å²) in [7, 11) is 0. The van der Waals surface area contributed by atoms with Crippen molar-refractivity contribution in [2.75, 3.05) is 0 Å². The summed E-state index contributed by atoms with van der Waals surface area (Å²) < 4.78 is 26.3. The lowest BCUT2D eigenvalue weighted by atomic mass is 10.0. The Balaban J connectivity index is 3.20. The molecule has 0 fully saturated rings. The van der Waals surface area contributed by atoms with Gasteiger partial charge in [-0.15, -0.1) is 0 Å². The van der Waals surface area contributed by atoms with E-state index in [1.165, 1.54) is 12.1 Å². The molecule has 0 aliphatic heterocycles. The van der Waals surface area contributed by atoms with Crippen LogP contribution in [0, 0.1) is 6.92 Å². The zero-order valence-corrected chi connectivity index (χ0v) is 8.55. The SMILES string of the molecule is Cc1ccc(C(C)(F)F)c(CN=C=O)c1. The van der Waals surface area contributed by atoms with Crippen LogP contribution in [0.15, 0.2) is 23.2 Å². The summed E-state index contributed by atoms with van der Waals surface area (Å²) in [4.78, 5) is 13.3. The average Bonchev–Trinajstić information content (AvgIpc) is 2.12. The number of carbonyl (C=O) groups excluding carboxylic acids is 1. The predicted molar refractivity (Wildman–Crippen MR) is 52.6 cm³/mol. The maximum Gasteiger partial charge on any atom is 0.270 e. The van der Waals surface area contributed by atoms with Gasteiger partial charge >= 0.3 is 0 Å². The van der Waals surface area contributed by atoms with Crippen LogP contribution in [0.2, 0.25) is 0 Å². The zero-order valence-electron chi connectivity index (χ0n) is 8.55. The highest BCUT2D eigenvalue weighted by Gasteiger charge is 2.27. The van der Waals surface area contributed by atoms with Gasteiger partial charge in [-0.25, -0.2) is 18.6 Å². The molecule has 0 aliphatic rings. The minimum atomic E-state index is -2.92. The van der Waals surface area contributed by atoms with Crippen molar-refractivity contribution in [3.8, 4) is 0 Å². The molecule has 0 saturated heterocycles. The van der Waals surface area contributed by atoms with E-state index in [1.807, 2.05) is 0 Å². The first-order chi connectivity index (χ1) is 6.95. The quantitative estimate of drug-likeness (QED) is 0.558. The summed E-state index contributed by atoms with van der Waals surface area (Å²) in [6, 6.07) is 4.58. The van der Waals surface area contributed by atoms with Gasteiger partial charge in [-0.1, -0.05) is 23.8 Å². The Bertz CT molecular complexity index is 404. The number of benzene rings is 1. The number of halogens is 2. The molecule has 1 rings (SSSR count). The van der Waals surface area contributed by atoms with E-state index in [1.54, 1.807) is 19.1 Å². The zero-order chi connectivity index (χ0) is 11.5. The highest BCUT2D eigenvalue weighted by atomic mass is 19.3. The van der Waals surface area contributed by atoms with Crippen molar-refractivity contribution in [3.05, 3.63) is 34.9 Å². The van der Waals surface area contributed by atoms with Gasteiger partial charge in [-0.2, -0.15) is 0 Å². The van der Waals surface area contributed by atoms with Crippen molar-refractivity contribution < 1.29 is 13.6 Å². The molecule has 0 aromatic heterocycles. The fourth-order valence-electron chi connectivity index (χ4n) is 1.40. The van der Waals surface area contributed by atoms with E-state index in [2.05, 4.69) is 4.99 Å². The van der Waals surface area contributed by atoms with E-state index in [0.717, 1.165) is 12.5 Å². The van der Waals surface area contributed by atoms with Gasteiger partial charge in [0.15, 0.2) is 0 Å². The third-order valence-corrected chi connectivity index (χ3v) is 2.05. The summed E-state index contributed by atoms with van der Waals surface area (Å²) in [6.45, 7) is 2.57. The first-order valence-corrected chi connectivity index (χ1v) is 4.46. The first-order valence-electron chi connectivity index (χ1n) is 4.46. The van der Waals surface area contributed by atoms with Gasteiger partial charge in [-0.3, -0.25) is 0 Å². The Hall–Kier alpha value is -1.54. The second kappa shape index (κ2) is 4.32. The molecule has 0 atom stereocenters. The highest BCUT2D eigenvalue weighted by Crippen LogP contribution is 2.30. The molecule has 0 amide bonds. The number of hydrogen-bond acceptors (Lipinski definition) is 2. The minimum Gasteiger partial charge on any atom is -0.211 e. The fraction of sp³-hybridized carbons (Fsp3) is 0.364. The number of isocyanates is 1. The van der Waals surface area contributed by atoms with Crippen LogP contribution < -0.4 is 0 Å². The third-order valence-electron chi connectivity index (χ3n) is 2.05. The van der Waals surface area contributed by atoms with Crippen molar-refractivity contribution in [1.82, 2.24) is 0 Å². The van der Waals surface area contributed by atoms with Crippen LogP contribution in [-0.2, 0) is 17.3 Å². The van der Waals surface area contributed by atoms with Crippen molar-refractivity contribution in [2.24, 2.45) is 4.99 Å². The molecule has 80 valence electrons. The van der Waals surface area contributed by atoms with Gasteiger partial charge in [0, 0.05) is 12.5 Å². The summed E-state index contributed by atoms with van der Waals surface area (Å²) in [5.41, 5.74) is 1.14. The summed E-state index contributed by atoms with van der Waals surface area (Å²) >= 11 is 0. The number of aryl methyl sites for hydroxylation is 1. The Morgan fingerprint density at radius 1 is 1.47 bits per heavy atom. The van der Waals surface area contributed by atoms with Crippen LogP contribution in [0.5, 0.6) is 0 Å². The monoisotopic (exact) mass is 211 g/mol. The Morgan fingerprint density at radius 3 is 2.67 bits per heavy atom. The Labute approximate surface area is 86.6 Å². The molecule has 15 heavy (non-hydrogen) atoms.